The van der Waals surface area contributed by atoms with E-state index in [1.54, 1.807) is 6.07 Å². The average Bonchev–Trinajstić information content (AvgIpc) is 2.03. The molecule has 58 valence electrons. The van der Waals surface area contributed by atoms with Crippen molar-refractivity contribution in [2.24, 2.45) is 0 Å². The molecule has 0 atom stereocenters. The highest BCUT2D eigenvalue weighted by Gasteiger charge is 1.94. The first-order chi connectivity index (χ1) is 5.29. The van der Waals surface area contributed by atoms with Crippen LogP contribution in [0.1, 0.15) is 5.56 Å². The maximum absolute atomic E-state index is 10.0. The first-order valence-electron chi connectivity index (χ1n) is 3.01. The smallest absolute Gasteiger partial charge is 0.404 e. The summed E-state index contributed by atoms with van der Waals surface area (Å²) in [6.45, 7) is 0.269. The molecule has 0 fully saturated rings. The van der Waals surface area contributed by atoms with Crippen molar-refractivity contribution in [2.45, 2.75) is 6.54 Å². The Bertz CT molecular complexity index is 237. The molecular formula is C6H7N3O2. The van der Waals surface area contributed by atoms with E-state index in [0.717, 1.165) is 5.56 Å². The molecule has 0 aliphatic rings. The third-order valence-corrected chi connectivity index (χ3v) is 1.09. The molecule has 11 heavy (non-hydrogen) atoms. The molecule has 1 amide bonds. The second-order valence-corrected chi connectivity index (χ2v) is 1.91. The fourth-order valence-corrected chi connectivity index (χ4v) is 0.600. The minimum atomic E-state index is -1.04. The van der Waals surface area contributed by atoms with E-state index < -0.39 is 6.09 Å². The minimum absolute atomic E-state index is 0.269. The maximum Gasteiger partial charge on any atom is 0.404 e. The second kappa shape index (κ2) is 3.50. The Balaban J connectivity index is 2.45. The minimum Gasteiger partial charge on any atom is -0.465 e. The van der Waals surface area contributed by atoms with Crippen LogP contribution < -0.4 is 5.32 Å². The van der Waals surface area contributed by atoms with Crippen LogP contribution >= 0.6 is 0 Å². The summed E-state index contributed by atoms with van der Waals surface area (Å²) in [6, 6.07) is 1.70. The van der Waals surface area contributed by atoms with Crippen LogP contribution in [0.3, 0.4) is 0 Å². The van der Waals surface area contributed by atoms with E-state index in [1.165, 1.54) is 12.4 Å². The first-order valence-corrected chi connectivity index (χ1v) is 3.01. The van der Waals surface area contributed by atoms with Gasteiger partial charge in [0.1, 0.15) is 0 Å². The van der Waals surface area contributed by atoms with Gasteiger partial charge in [-0.25, -0.2) is 4.79 Å². The van der Waals surface area contributed by atoms with Gasteiger partial charge in [-0.3, -0.25) is 0 Å². The molecule has 0 radical (unpaired) electrons. The Hall–Kier alpha value is -1.65. The number of hydrogen-bond acceptors (Lipinski definition) is 3. The molecule has 0 aliphatic carbocycles. The van der Waals surface area contributed by atoms with Gasteiger partial charge in [0.25, 0.3) is 0 Å². The summed E-state index contributed by atoms with van der Waals surface area (Å²) in [5.74, 6) is 0. The van der Waals surface area contributed by atoms with Crippen LogP contribution in [0.2, 0.25) is 0 Å². The van der Waals surface area contributed by atoms with Crippen LogP contribution in [0, 0.1) is 0 Å². The molecule has 5 nitrogen and oxygen atoms in total. The molecule has 0 aromatic carbocycles. The zero-order valence-corrected chi connectivity index (χ0v) is 5.69. The van der Waals surface area contributed by atoms with E-state index >= 15 is 0 Å². The predicted octanol–water partition coefficient (Wildman–Crippen LogP) is 0.244. The standard InChI is InChI=1S/C6H7N3O2/c10-6(11)7-3-5-1-2-8-9-4-5/h1-2,4,7H,3H2,(H,10,11). The van der Waals surface area contributed by atoms with E-state index in [9.17, 15) is 4.79 Å². The van der Waals surface area contributed by atoms with Gasteiger partial charge in [0.05, 0.1) is 6.20 Å². The lowest BCUT2D eigenvalue weighted by molar-refractivity contribution is 0.194. The molecule has 5 heteroatoms. The van der Waals surface area contributed by atoms with E-state index in [4.69, 9.17) is 5.11 Å². The summed E-state index contributed by atoms with van der Waals surface area (Å²) < 4.78 is 0. The third kappa shape index (κ3) is 2.61. The normalized spacial score (nSPS) is 9.09. The Morgan fingerprint density at radius 2 is 2.45 bits per heavy atom. The lowest BCUT2D eigenvalue weighted by Gasteiger charge is -1.97. The van der Waals surface area contributed by atoms with Gasteiger partial charge in [-0.2, -0.15) is 10.2 Å². The number of hydrogen-bond donors (Lipinski definition) is 2. The van der Waals surface area contributed by atoms with Gasteiger partial charge in [-0.15, -0.1) is 0 Å². The summed E-state index contributed by atoms with van der Waals surface area (Å²) in [7, 11) is 0. The summed E-state index contributed by atoms with van der Waals surface area (Å²) in [4.78, 5) is 10.0. The fraction of sp³-hybridized carbons (Fsp3) is 0.167. The van der Waals surface area contributed by atoms with Gasteiger partial charge in [-0.1, -0.05) is 0 Å². The Labute approximate surface area is 63.1 Å². The highest BCUT2D eigenvalue weighted by molar-refractivity contribution is 5.64. The van der Waals surface area contributed by atoms with Crippen molar-refractivity contribution in [3.63, 3.8) is 0 Å². The van der Waals surface area contributed by atoms with Gasteiger partial charge in [0, 0.05) is 12.7 Å². The van der Waals surface area contributed by atoms with E-state index in [1.807, 2.05) is 0 Å². The second-order valence-electron chi connectivity index (χ2n) is 1.91. The summed E-state index contributed by atoms with van der Waals surface area (Å²) in [6.07, 6.45) is 1.98. The number of nitrogens with zero attached hydrogens (tertiary/aromatic N) is 2. The molecule has 0 saturated heterocycles. The topological polar surface area (TPSA) is 75.1 Å². The summed E-state index contributed by atoms with van der Waals surface area (Å²) in [5.41, 5.74) is 0.794. The molecule has 1 rings (SSSR count). The lowest BCUT2D eigenvalue weighted by atomic mass is 10.3. The third-order valence-electron chi connectivity index (χ3n) is 1.09. The van der Waals surface area contributed by atoms with Gasteiger partial charge >= 0.3 is 6.09 Å². The quantitative estimate of drug-likeness (QED) is 0.638. The summed E-state index contributed by atoms with van der Waals surface area (Å²) >= 11 is 0. The largest absolute Gasteiger partial charge is 0.465 e. The number of rotatable bonds is 2. The van der Waals surface area contributed by atoms with Gasteiger partial charge in [0.15, 0.2) is 0 Å². The molecule has 0 saturated carbocycles. The van der Waals surface area contributed by atoms with Gasteiger partial charge in [-0.05, 0) is 11.6 Å². The molecule has 2 N–H and O–H groups in total. The van der Waals surface area contributed by atoms with Crippen molar-refractivity contribution in [2.75, 3.05) is 0 Å². The van der Waals surface area contributed by atoms with Crippen molar-refractivity contribution in [3.8, 4) is 0 Å². The Morgan fingerprint density at radius 1 is 1.64 bits per heavy atom. The van der Waals surface area contributed by atoms with Crippen LogP contribution in [0.4, 0.5) is 4.79 Å². The molecule has 0 unspecified atom stereocenters. The Kier molecular flexibility index (Phi) is 2.37. The van der Waals surface area contributed by atoms with Crippen molar-refractivity contribution in [3.05, 3.63) is 24.0 Å². The number of carboxylic acid groups (broad SMARTS) is 1. The van der Waals surface area contributed by atoms with Gasteiger partial charge < -0.3 is 10.4 Å². The summed E-state index contributed by atoms with van der Waals surface area (Å²) in [5, 5.41) is 17.6. The molecule has 1 aromatic heterocycles. The Morgan fingerprint density at radius 3 is 3.00 bits per heavy atom. The highest BCUT2D eigenvalue weighted by atomic mass is 16.4. The fourth-order valence-electron chi connectivity index (χ4n) is 0.600. The molecule has 0 spiro atoms. The SMILES string of the molecule is O=C(O)NCc1ccnnc1. The number of carbonyl (C=O) groups is 1. The zero-order valence-electron chi connectivity index (χ0n) is 5.69. The van der Waals surface area contributed by atoms with E-state index in [-0.39, 0.29) is 6.54 Å². The lowest BCUT2D eigenvalue weighted by Crippen LogP contribution is -2.19. The molecule has 0 bridgehead atoms. The average molecular weight is 153 g/mol. The van der Waals surface area contributed by atoms with Crippen LogP contribution in [-0.2, 0) is 6.54 Å². The molecule has 1 heterocycles. The number of aromatic nitrogens is 2. The number of nitrogens with one attached hydrogen (secondary N) is 1. The van der Waals surface area contributed by atoms with Crippen LogP contribution in [-0.4, -0.2) is 21.4 Å². The van der Waals surface area contributed by atoms with Crippen LogP contribution in [0.15, 0.2) is 18.5 Å². The van der Waals surface area contributed by atoms with Crippen molar-refractivity contribution in [1.29, 1.82) is 0 Å². The molecule has 0 aliphatic heterocycles. The predicted molar refractivity (Wildman–Crippen MR) is 36.9 cm³/mol. The van der Waals surface area contributed by atoms with Gasteiger partial charge in [0.2, 0.25) is 0 Å². The van der Waals surface area contributed by atoms with Crippen LogP contribution in [0.5, 0.6) is 0 Å². The molecule has 1 aromatic rings. The number of amides is 1. The maximum atomic E-state index is 10.0. The van der Waals surface area contributed by atoms with Crippen molar-refractivity contribution in [1.82, 2.24) is 15.5 Å². The van der Waals surface area contributed by atoms with E-state index in [0.29, 0.717) is 0 Å². The van der Waals surface area contributed by atoms with E-state index in [2.05, 4.69) is 15.5 Å². The van der Waals surface area contributed by atoms with Crippen LogP contribution in [0.25, 0.3) is 0 Å². The van der Waals surface area contributed by atoms with Crippen molar-refractivity contribution < 1.29 is 9.90 Å². The zero-order chi connectivity index (χ0) is 8.10. The molecular weight excluding hydrogens is 146 g/mol. The van der Waals surface area contributed by atoms with Crippen molar-refractivity contribution >= 4 is 6.09 Å². The first kappa shape index (κ1) is 7.46. The highest BCUT2D eigenvalue weighted by Crippen LogP contribution is 1.91. The monoisotopic (exact) mass is 153 g/mol.